The van der Waals surface area contributed by atoms with Crippen LogP contribution in [0.3, 0.4) is 0 Å². The molecule has 2 rings (SSSR count). The van der Waals surface area contributed by atoms with Gasteiger partial charge in [0.2, 0.25) is 0 Å². The zero-order chi connectivity index (χ0) is 14.1. The Morgan fingerprint density at radius 3 is 2.68 bits per heavy atom. The average Bonchev–Trinajstić information content (AvgIpc) is 2.73. The summed E-state index contributed by atoms with van der Waals surface area (Å²) < 4.78 is 34.0. The largest absolute Gasteiger partial charge is 0.378 e. The van der Waals surface area contributed by atoms with Crippen molar-refractivity contribution in [3.05, 3.63) is 0 Å². The summed E-state index contributed by atoms with van der Waals surface area (Å²) in [5.74, 6) is 0. The zero-order valence-electron chi connectivity index (χ0n) is 12.1. The molecule has 2 saturated heterocycles. The van der Waals surface area contributed by atoms with E-state index in [0.717, 1.165) is 32.5 Å². The van der Waals surface area contributed by atoms with Crippen molar-refractivity contribution in [1.82, 2.24) is 5.32 Å². The van der Waals surface area contributed by atoms with Gasteiger partial charge in [-0.1, -0.05) is 0 Å². The van der Waals surface area contributed by atoms with Crippen LogP contribution in [0, 0.1) is 0 Å². The summed E-state index contributed by atoms with van der Waals surface area (Å²) in [6.07, 6.45) is 4.08. The van der Waals surface area contributed by atoms with Crippen molar-refractivity contribution in [2.24, 2.45) is 0 Å². The van der Waals surface area contributed by atoms with E-state index in [1.807, 2.05) is 0 Å². The van der Waals surface area contributed by atoms with Gasteiger partial charge in [-0.05, 0) is 26.7 Å². The zero-order valence-corrected chi connectivity index (χ0v) is 12.9. The molecule has 0 aromatic carbocycles. The Balaban J connectivity index is 1.90. The highest BCUT2D eigenvalue weighted by Crippen LogP contribution is 2.33. The van der Waals surface area contributed by atoms with Crippen molar-refractivity contribution in [3.63, 3.8) is 0 Å². The van der Waals surface area contributed by atoms with Gasteiger partial charge in [-0.2, -0.15) is 0 Å². The van der Waals surface area contributed by atoms with E-state index < -0.39 is 14.6 Å². The highest BCUT2D eigenvalue weighted by Gasteiger charge is 2.41. The van der Waals surface area contributed by atoms with Gasteiger partial charge in [0.1, 0.15) is 0 Å². The first-order valence-electron chi connectivity index (χ1n) is 6.89. The van der Waals surface area contributed by atoms with Crippen LogP contribution in [0.4, 0.5) is 0 Å². The number of sulfone groups is 1. The fraction of sp³-hybridized carbons (Fsp3) is 1.00. The third kappa shape index (κ3) is 3.48. The summed E-state index contributed by atoms with van der Waals surface area (Å²) in [6.45, 7) is 6.17. The van der Waals surface area contributed by atoms with Crippen LogP contribution in [0.25, 0.3) is 0 Å². The minimum atomic E-state index is -3.05. The summed E-state index contributed by atoms with van der Waals surface area (Å²) in [5.41, 5.74) is -0.134. The van der Waals surface area contributed by atoms with Gasteiger partial charge < -0.3 is 14.8 Å². The molecule has 19 heavy (non-hydrogen) atoms. The first-order chi connectivity index (χ1) is 8.74. The van der Waals surface area contributed by atoms with Crippen LogP contribution in [0.5, 0.6) is 0 Å². The molecule has 2 aliphatic heterocycles. The van der Waals surface area contributed by atoms with Crippen molar-refractivity contribution in [3.8, 4) is 0 Å². The summed E-state index contributed by atoms with van der Waals surface area (Å²) in [5, 5.41) is 3.40. The maximum atomic E-state index is 11.7. The van der Waals surface area contributed by atoms with E-state index in [1.165, 1.54) is 6.26 Å². The van der Waals surface area contributed by atoms with Gasteiger partial charge in [0.25, 0.3) is 0 Å². The van der Waals surface area contributed by atoms with Gasteiger partial charge in [0.15, 0.2) is 9.84 Å². The van der Waals surface area contributed by atoms with Crippen LogP contribution in [0.2, 0.25) is 0 Å². The average molecular weight is 291 g/mol. The lowest BCUT2D eigenvalue weighted by Crippen LogP contribution is -2.51. The molecule has 6 heteroatoms. The van der Waals surface area contributed by atoms with Crippen molar-refractivity contribution < 1.29 is 17.9 Å². The molecule has 0 radical (unpaired) electrons. The monoisotopic (exact) mass is 291 g/mol. The highest BCUT2D eigenvalue weighted by atomic mass is 32.2. The molecule has 0 aromatic heterocycles. The fourth-order valence-electron chi connectivity index (χ4n) is 2.59. The van der Waals surface area contributed by atoms with Gasteiger partial charge in [0.05, 0.1) is 17.0 Å². The lowest BCUT2D eigenvalue weighted by Gasteiger charge is -2.38. The topological polar surface area (TPSA) is 64.6 Å². The molecule has 5 nitrogen and oxygen atoms in total. The van der Waals surface area contributed by atoms with Crippen molar-refractivity contribution in [2.45, 2.75) is 49.5 Å². The van der Waals surface area contributed by atoms with E-state index in [1.54, 1.807) is 13.8 Å². The number of hydrogen-bond acceptors (Lipinski definition) is 5. The van der Waals surface area contributed by atoms with E-state index in [2.05, 4.69) is 5.32 Å². The predicted molar refractivity (Wildman–Crippen MR) is 74.1 cm³/mol. The maximum absolute atomic E-state index is 11.7. The third-order valence-electron chi connectivity index (χ3n) is 4.38. The second kappa shape index (κ2) is 5.31. The summed E-state index contributed by atoms with van der Waals surface area (Å²) in [6, 6.07) is 0.316. The van der Waals surface area contributed by atoms with Gasteiger partial charge in [-0.3, -0.25) is 0 Å². The lowest BCUT2D eigenvalue weighted by atomic mass is 9.89. The summed E-state index contributed by atoms with van der Waals surface area (Å²) in [4.78, 5) is 0. The van der Waals surface area contributed by atoms with Crippen molar-refractivity contribution in [1.29, 1.82) is 0 Å². The molecule has 0 amide bonds. The Kier molecular flexibility index (Phi) is 4.26. The number of nitrogens with one attached hydrogen (secondary N) is 1. The lowest BCUT2D eigenvalue weighted by molar-refractivity contribution is -0.0893. The van der Waals surface area contributed by atoms with Crippen LogP contribution in [0.1, 0.15) is 33.1 Å². The molecule has 1 N–H and O–H groups in total. The number of hydrogen-bond donors (Lipinski definition) is 1. The van der Waals surface area contributed by atoms with Crippen molar-refractivity contribution >= 4 is 9.84 Å². The second-order valence-electron chi connectivity index (χ2n) is 6.44. The van der Waals surface area contributed by atoms with Crippen LogP contribution in [0.15, 0.2) is 0 Å². The molecule has 112 valence electrons. The van der Waals surface area contributed by atoms with Gasteiger partial charge >= 0.3 is 0 Å². The van der Waals surface area contributed by atoms with E-state index in [4.69, 9.17) is 9.47 Å². The molecule has 2 heterocycles. The molecule has 1 spiro atoms. The Morgan fingerprint density at radius 2 is 2.11 bits per heavy atom. The molecule has 2 aliphatic rings. The second-order valence-corrected chi connectivity index (χ2v) is 9.09. The molecule has 0 aliphatic carbocycles. The molecule has 0 aromatic rings. The summed E-state index contributed by atoms with van der Waals surface area (Å²) in [7, 11) is -3.05. The number of ether oxygens (including phenoxy) is 2. The van der Waals surface area contributed by atoms with E-state index in [0.29, 0.717) is 19.2 Å². The Hall–Kier alpha value is -0.170. The smallest absolute Gasteiger partial charge is 0.153 e. The van der Waals surface area contributed by atoms with Crippen LogP contribution in [-0.4, -0.2) is 57.4 Å². The quantitative estimate of drug-likeness (QED) is 0.827. The molecule has 2 unspecified atom stereocenters. The van der Waals surface area contributed by atoms with E-state index in [-0.39, 0.29) is 5.60 Å². The van der Waals surface area contributed by atoms with Gasteiger partial charge in [-0.15, -0.1) is 0 Å². The molecular weight excluding hydrogens is 266 g/mol. The minimum absolute atomic E-state index is 0.134. The molecular formula is C13H25NO4S. The number of rotatable bonds is 4. The Labute approximate surface area is 116 Å². The summed E-state index contributed by atoms with van der Waals surface area (Å²) >= 11 is 0. The third-order valence-corrected chi connectivity index (χ3v) is 6.53. The molecule has 0 bridgehead atoms. The molecule has 0 saturated carbocycles. The van der Waals surface area contributed by atoms with E-state index in [9.17, 15) is 8.42 Å². The van der Waals surface area contributed by atoms with Crippen molar-refractivity contribution in [2.75, 3.05) is 32.6 Å². The van der Waals surface area contributed by atoms with E-state index >= 15 is 0 Å². The SMILES string of the molecule is CC(C)(CNC1CCOC2(CCOC2)C1)S(C)(=O)=O. The highest BCUT2D eigenvalue weighted by molar-refractivity contribution is 7.92. The standard InChI is InChI=1S/C13H25NO4S/c1-12(2,19(3,15)16)9-14-11-4-6-18-13(8-11)5-7-17-10-13/h11,14H,4-10H2,1-3H3. The molecule has 2 fully saturated rings. The maximum Gasteiger partial charge on any atom is 0.153 e. The van der Waals surface area contributed by atoms with Crippen LogP contribution >= 0.6 is 0 Å². The Morgan fingerprint density at radius 1 is 1.37 bits per heavy atom. The minimum Gasteiger partial charge on any atom is -0.378 e. The van der Waals surface area contributed by atoms with Crippen LogP contribution in [-0.2, 0) is 19.3 Å². The van der Waals surface area contributed by atoms with Gasteiger partial charge in [-0.25, -0.2) is 8.42 Å². The first-order valence-corrected chi connectivity index (χ1v) is 8.78. The predicted octanol–water partition coefficient (Wildman–Crippen LogP) is 0.737. The fourth-order valence-corrected chi connectivity index (χ4v) is 2.93. The van der Waals surface area contributed by atoms with Gasteiger partial charge in [0, 0.05) is 38.5 Å². The Bertz CT molecular complexity index is 412. The molecule has 2 atom stereocenters. The normalized spacial score (nSPS) is 32.9. The van der Waals surface area contributed by atoms with Crippen LogP contribution < -0.4 is 5.32 Å². The first kappa shape index (κ1) is 15.2.